The molecule has 3 nitrogen and oxygen atoms in total. The third kappa shape index (κ3) is 4.93. The Balaban J connectivity index is 1.71. The lowest BCUT2D eigenvalue weighted by Gasteiger charge is -2.36. The second-order valence-electron chi connectivity index (χ2n) is 5.23. The third-order valence-electron chi connectivity index (χ3n) is 3.69. The Hall–Kier alpha value is -0.840. The zero-order valence-corrected chi connectivity index (χ0v) is 13.3. The zero-order chi connectivity index (χ0) is 14.4. The lowest BCUT2D eigenvalue weighted by atomic mass is 10.2. The van der Waals surface area contributed by atoms with Gasteiger partial charge in [0.05, 0.1) is 4.99 Å². The SMILES string of the molecule is NC(=S)CCCCN1CCN(c2cccc(Cl)c2)CC1. The predicted octanol–water partition coefficient (Wildman–Crippen LogP) is 2.92. The van der Waals surface area contributed by atoms with E-state index >= 15 is 0 Å². The van der Waals surface area contributed by atoms with Crippen LogP contribution in [0.5, 0.6) is 0 Å². The highest BCUT2D eigenvalue weighted by atomic mass is 35.5. The molecule has 5 heteroatoms. The summed E-state index contributed by atoms with van der Waals surface area (Å²) >= 11 is 10.9. The van der Waals surface area contributed by atoms with Gasteiger partial charge < -0.3 is 10.6 Å². The summed E-state index contributed by atoms with van der Waals surface area (Å²) in [6.07, 6.45) is 3.15. The zero-order valence-electron chi connectivity index (χ0n) is 11.7. The fraction of sp³-hybridized carbons (Fsp3) is 0.533. The Kier molecular flexibility index (Phi) is 6.07. The number of piperazine rings is 1. The summed E-state index contributed by atoms with van der Waals surface area (Å²) in [4.78, 5) is 5.55. The Bertz CT molecular complexity index is 444. The lowest BCUT2D eigenvalue weighted by molar-refractivity contribution is 0.253. The minimum absolute atomic E-state index is 0.635. The van der Waals surface area contributed by atoms with Crippen LogP contribution in [0, 0.1) is 0 Å². The standard InChI is InChI=1S/C15H22ClN3S/c16-13-4-3-5-14(12-13)19-10-8-18(9-11-19)7-2-1-6-15(17)20/h3-5,12H,1-2,6-11H2,(H2,17,20). The van der Waals surface area contributed by atoms with Crippen molar-refractivity contribution in [1.82, 2.24) is 4.90 Å². The first kappa shape index (κ1) is 15.5. The molecule has 0 saturated carbocycles. The van der Waals surface area contributed by atoms with E-state index < -0.39 is 0 Å². The summed E-state index contributed by atoms with van der Waals surface area (Å²) in [5.74, 6) is 0. The summed E-state index contributed by atoms with van der Waals surface area (Å²) in [5, 5.41) is 0.808. The first-order valence-electron chi connectivity index (χ1n) is 7.16. The normalized spacial score (nSPS) is 16.4. The van der Waals surface area contributed by atoms with Crippen LogP contribution in [-0.2, 0) is 0 Å². The largest absolute Gasteiger partial charge is 0.393 e. The molecule has 0 radical (unpaired) electrons. The second-order valence-corrected chi connectivity index (χ2v) is 6.19. The first-order valence-corrected chi connectivity index (χ1v) is 7.95. The van der Waals surface area contributed by atoms with Gasteiger partial charge in [-0.15, -0.1) is 0 Å². The van der Waals surface area contributed by atoms with Gasteiger partial charge in [-0.25, -0.2) is 0 Å². The molecule has 1 aromatic carbocycles. The van der Waals surface area contributed by atoms with E-state index in [0.717, 1.165) is 50.6 Å². The van der Waals surface area contributed by atoms with E-state index in [2.05, 4.69) is 15.9 Å². The van der Waals surface area contributed by atoms with E-state index in [1.54, 1.807) is 0 Å². The van der Waals surface area contributed by atoms with Crippen LogP contribution in [0.15, 0.2) is 24.3 Å². The van der Waals surface area contributed by atoms with Crippen molar-refractivity contribution >= 4 is 34.5 Å². The van der Waals surface area contributed by atoms with Crippen LogP contribution < -0.4 is 10.6 Å². The topological polar surface area (TPSA) is 32.5 Å². The molecular formula is C15H22ClN3S. The summed E-state index contributed by atoms with van der Waals surface area (Å²) in [6.45, 7) is 5.50. The molecule has 0 amide bonds. The Morgan fingerprint density at radius 1 is 1.20 bits per heavy atom. The molecule has 0 atom stereocenters. The highest BCUT2D eigenvalue weighted by Crippen LogP contribution is 2.20. The number of anilines is 1. The summed E-state index contributed by atoms with van der Waals surface area (Å²) in [6, 6.07) is 8.10. The van der Waals surface area contributed by atoms with Gasteiger partial charge in [0, 0.05) is 36.9 Å². The van der Waals surface area contributed by atoms with Crippen LogP contribution in [0.4, 0.5) is 5.69 Å². The lowest BCUT2D eigenvalue weighted by Crippen LogP contribution is -2.46. The van der Waals surface area contributed by atoms with Crippen molar-refractivity contribution in [3.8, 4) is 0 Å². The van der Waals surface area contributed by atoms with E-state index in [9.17, 15) is 0 Å². The van der Waals surface area contributed by atoms with Crippen molar-refractivity contribution in [2.75, 3.05) is 37.6 Å². The molecule has 1 fully saturated rings. The molecule has 1 heterocycles. The molecule has 2 N–H and O–H groups in total. The highest BCUT2D eigenvalue weighted by Gasteiger charge is 2.16. The van der Waals surface area contributed by atoms with E-state index in [0.29, 0.717) is 4.99 Å². The van der Waals surface area contributed by atoms with Crippen LogP contribution in [0.25, 0.3) is 0 Å². The van der Waals surface area contributed by atoms with Gasteiger partial charge in [-0.1, -0.05) is 29.9 Å². The van der Waals surface area contributed by atoms with Crippen molar-refractivity contribution in [3.63, 3.8) is 0 Å². The van der Waals surface area contributed by atoms with Crippen LogP contribution in [0.2, 0.25) is 5.02 Å². The number of hydrogen-bond donors (Lipinski definition) is 1. The number of thiocarbonyl (C=S) groups is 1. The molecule has 0 unspecified atom stereocenters. The molecular weight excluding hydrogens is 290 g/mol. The van der Waals surface area contributed by atoms with Crippen LogP contribution in [0.3, 0.4) is 0 Å². The monoisotopic (exact) mass is 311 g/mol. The van der Waals surface area contributed by atoms with Gasteiger partial charge in [0.1, 0.15) is 0 Å². The van der Waals surface area contributed by atoms with Gasteiger partial charge in [-0.3, -0.25) is 4.90 Å². The van der Waals surface area contributed by atoms with Crippen molar-refractivity contribution in [2.45, 2.75) is 19.3 Å². The van der Waals surface area contributed by atoms with Crippen molar-refractivity contribution in [2.24, 2.45) is 5.73 Å². The van der Waals surface area contributed by atoms with Crippen LogP contribution in [0.1, 0.15) is 19.3 Å². The van der Waals surface area contributed by atoms with Gasteiger partial charge >= 0.3 is 0 Å². The van der Waals surface area contributed by atoms with Gasteiger partial charge in [0.15, 0.2) is 0 Å². The predicted molar refractivity (Wildman–Crippen MR) is 90.7 cm³/mol. The summed E-state index contributed by atoms with van der Waals surface area (Å²) < 4.78 is 0. The summed E-state index contributed by atoms with van der Waals surface area (Å²) in [5.41, 5.74) is 6.73. The molecule has 1 aliphatic rings. The minimum atomic E-state index is 0.635. The number of hydrogen-bond acceptors (Lipinski definition) is 3. The smallest absolute Gasteiger partial charge is 0.0727 e. The molecule has 1 saturated heterocycles. The van der Waals surface area contributed by atoms with E-state index in [4.69, 9.17) is 29.6 Å². The number of nitrogens with two attached hydrogens (primary N) is 1. The highest BCUT2D eigenvalue weighted by molar-refractivity contribution is 7.80. The van der Waals surface area contributed by atoms with E-state index in [-0.39, 0.29) is 0 Å². The van der Waals surface area contributed by atoms with Crippen molar-refractivity contribution < 1.29 is 0 Å². The maximum absolute atomic E-state index is 6.04. The Labute approximate surface area is 131 Å². The van der Waals surface area contributed by atoms with Crippen molar-refractivity contribution in [1.29, 1.82) is 0 Å². The number of halogens is 1. The van der Waals surface area contributed by atoms with Gasteiger partial charge in [-0.2, -0.15) is 0 Å². The molecule has 1 aromatic rings. The minimum Gasteiger partial charge on any atom is -0.393 e. The first-order chi connectivity index (χ1) is 9.65. The quantitative estimate of drug-likeness (QED) is 0.647. The molecule has 0 spiro atoms. The maximum Gasteiger partial charge on any atom is 0.0727 e. The number of unbranched alkanes of at least 4 members (excludes halogenated alkanes) is 1. The number of rotatable bonds is 6. The van der Waals surface area contributed by atoms with Gasteiger partial charge in [0.25, 0.3) is 0 Å². The fourth-order valence-electron chi connectivity index (χ4n) is 2.54. The van der Waals surface area contributed by atoms with Gasteiger partial charge in [-0.05, 0) is 44.0 Å². The van der Waals surface area contributed by atoms with E-state index in [1.165, 1.54) is 12.1 Å². The number of nitrogens with zero attached hydrogens (tertiary/aromatic N) is 2. The summed E-state index contributed by atoms with van der Waals surface area (Å²) in [7, 11) is 0. The van der Waals surface area contributed by atoms with Crippen LogP contribution in [-0.4, -0.2) is 42.6 Å². The molecule has 0 aromatic heterocycles. The Morgan fingerprint density at radius 3 is 2.60 bits per heavy atom. The van der Waals surface area contributed by atoms with E-state index in [1.807, 2.05) is 18.2 Å². The van der Waals surface area contributed by atoms with Gasteiger partial charge in [0.2, 0.25) is 0 Å². The third-order valence-corrected chi connectivity index (χ3v) is 4.13. The second kappa shape index (κ2) is 7.81. The van der Waals surface area contributed by atoms with Crippen LogP contribution >= 0.6 is 23.8 Å². The average Bonchev–Trinajstić information content (AvgIpc) is 2.44. The molecule has 0 bridgehead atoms. The number of benzene rings is 1. The molecule has 2 rings (SSSR count). The average molecular weight is 312 g/mol. The molecule has 110 valence electrons. The fourth-order valence-corrected chi connectivity index (χ4v) is 2.87. The Morgan fingerprint density at radius 2 is 1.95 bits per heavy atom. The maximum atomic E-state index is 6.04. The van der Waals surface area contributed by atoms with Crippen molar-refractivity contribution in [3.05, 3.63) is 29.3 Å². The molecule has 1 aliphatic heterocycles. The molecule has 0 aliphatic carbocycles. The molecule has 20 heavy (non-hydrogen) atoms.